The Hall–Kier alpha value is -1.66. The van der Waals surface area contributed by atoms with Crippen molar-refractivity contribution in [1.29, 1.82) is 0 Å². The van der Waals surface area contributed by atoms with Crippen molar-refractivity contribution in [1.82, 2.24) is 10.2 Å². The minimum absolute atomic E-state index is 0.108. The third-order valence-electron chi connectivity index (χ3n) is 4.98. The van der Waals surface area contributed by atoms with Crippen LogP contribution in [0.15, 0.2) is 18.2 Å². The number of halogens is 1. The molecule has 2 heterocycles. The van der Waals surface area contributed by atoms with Crippen molar-refractivity contribution < 1.29 is 23.4 Å². The van der Waals surface area contributed by atoms with Gasteiger partial charge in [-0.2, -0.15) is 0 Å². The molecule has 0 aliphatic carbocycles. The highest BCUT2D eigenvalue weighted by Gasteiger charge is 2.45. The number of benzene rings is 1. The molecule has 0 bridgehead atoms. The Labute approximate surface area is 185 Å². The summed E-state index contributed by atoms with van der Waals surface area (Å²) in [7, 11) is 1.34. The molecule has 3 rings (SSSR count). The molecule has 10 heteroatoms. The maximum atomic E-state index is 13.0. The predicted octanol–water partition coefficient (Wildman–Crippen LogP) is 3.07. The van der Waals surface area contributed by atoms with Gasteiger partial charge in [-0.25, -0.2) is 0 Å². The number of hydrogen-bond donors (Lipinski definition) is 2. The standard InChI is InChI=1S/C19H22IN3O5S/c20-29-28-11-4-2-1-3-10-21-13-7-5-6-12-16(13)19(27)23(18(12)26)14-8-9-15(24)22-17(14)25/h5-7,14,21H,1-4,8-11H2,(H,22,24,25). The van der Waals surface area contributed by atoms with Gasteiger partial charge in [0.15, 0.2) is 0 Å². The molecule has 0 saturated carbocycles. The van der Waals surface area contributed by atoms with E-state index in [1.807, 2.05) is 0 Å². The Balaban J connectivity index is 1.61. The molecule has 1 aromatic carbocycles. The average molecular weight is 531 g/mol. The van der Waals surface area contributed by atoms with Gasteiger partial charge in [0, 0.05) is 39.9 Å². The molecule has 1 aromatic rings. The van der Waals surface area contributed by atoms with Crippen LogP contribution in [0.3, 0.4) is 0 Å². The van der Waals surface area contributed by atoms with Gasteiger partial charge < -0.3 is 9.50 Å². The summed E-state index contributed by atoms with van der Waals surface area (Å²) < 4.78 is 5.22. The number of amides is 4. The number of rotatable bonds is 10. The Kier molecular flexibility index (Phi) is 7.90. The highest BCUT2D eigenvalue weighted by atomic mass is 127. The second kappa shape index (κ2) is 10.4. The van der Waals surface area contributed by atoms with Crippen LogP contribution in [-0.4, -0.2) is 47.7 Å². The van der Waals surface area contributed by atoms with E-state index in [0.29, 0.717) is 17.8 Å². The molecule has 8 nitrogen and oxygen atoms in total. The van der Waals surface area contributed by atoms with Crippen molar-refractivity contribution in [2.24, 2.45) is 0 Å². The van der Waals surface area contributed by atoms with Crippen LogP contribution in [0.4, 0.5) is 5.69 Å². The quantitative estimate of drug-likeness (QED) is 0.207. The van der Waals surface area contributed by atoms with Crippen LogP contribution in [0, 0.1) is 0 Å². The van der Waals surface area contributed by atoms with Crippen LogP contribution in [-0.2, 0) is 13.8 Å². The third kappa shape index (κ3) is 5.10. The second-order valence-corrected chi connectivity index (χ2v) is 8.34. The lowest BCUT2D eigenvalue weighted by atomic mass is 10.0. The Morgan fingerprint density at radius 1 is 1.14 bits per heavy atom. The van der Waals surface area contributed by atoms with Crippen LogP contribution in [0.1, 0.15) is 59.2 Å². The first-order valence-corrected chi connectivity index (χ1v) is 12.8. The monoisotopic (exact) mass is 531 g/mol. The van der Waals surface area contributed by atoms with Gasteiger partial charge in [-0.1, -0.05) is 18.9 Å². The maximum absolute atomic E-state index is 13.0. The number of unbranched alkanes of at least 4 members (excludes halogenated alkanes) is 3. The number of anilines is 1. The van der Waals surface area contributed by atoms with Crippen molar-refractivity contribution in [2.75, 3.05) is 18.5 Å². The summed E-state index contributed by atoms with van der Waals surface area (Å²) in [6.07, 6.45) is 4.29. The summed E-state index contributed by atoms with van der Waals surface area (Å²) in [5, 5.41) is 5.45. The molecule has 2 N–H and O–H groups in total. The molecule has 2 aliphatic heterocycles. The minimum atomic E-state index is -0.948. The Morgan fingerprint density at radius 3 is 2.69 bits per heavy atom. The topological polar surface area (TPSA) is 105 Å². The predicted molar refractivity (Wildman–Crippen MR) is 118 cm³/mol. The molecular formula is C19H22IN3O5S. The fourth-order valence-electron chi connectivity index (χ4n) is 3.56. The number of imide groups is 2. The van der Waals surface area contributed by atoms with Crippen molar-refractivity contribution in [2.45, 2.75) is 44.6 Å². The van der Waals surface area contributed by atoms with E-state index in [0.717, 1.165) is 37.2 Å². The first-order chi connectivity index (χ1) is 14.0. The minimum Gasteiger partial charge on any atom is -0.384 e. The number of carbonyl (C=O) groups excluding carboxylic acids is 4. The van der Waals surface area contributed by atoms with E-state index in [1.165, 1.54) is 9.21 Å². The fraction of sp³-hybridized carbons (Fsp3) is 0.474. The molecule has 0 aromatic heterocycles. The van der Waals surface area contributed by atoms with E-state index in [1.54, 1.807) is 18.2 Å². The van der Waals surface area contributed by atoms with Gasteiger partial charge in [0.2, 0.25) is 11.8 Å². The largest absolute Gasteiger partial charge is 0.384 e. The molecule has 0 radical (unpaired) electrons. The van der Waals surface area contributed by atoms with Crippen LogP contribution in [0.2, 0.25) is 0 Å². The number of nitrogens with one attached hydrogen (secondary N) is 2. The Bertz CT molecular complexity index is 819. The van der Waals surface area contributed by atoms with E-state index in [2.05, 4.69) is 31.8 Å². The normalized spacial score (nSPS) is 18.8. The SMILES string of the molecule is O=C1CCC(N2C(=O)c3cccc(NCCCCCCOSI)c3C2=O)C(=O)N1. The van der Waals surface area contributed by atoms with Crippen molar-refractivity contribution in [3.05, 3.63) is 29.3 Å². The number of carbonyl (C=O) groups is 4. The lowest BCUT2D eigenvalue weighted by molar-refractivity contribution is -0.136. The van der Waals surface area contributed by atoms with Gasteiger partial charge in [0.1, 0.15) is 6.04 Å². The van der Waals surface area contributed by atoms with E-state index in [9.17, 15) is 19.2 Å². The lowest BCUT2D eigenvalue weighted by Crippen LogP contribution is -2.54. The molecule has 0 spiro atoms. The number of fused-ring (bicyclic) bond motifs is 1. The molecule has 156 valence electrons. The van der Waals surface area contributed by atoms with E-state index in [-0.39, 0.29) is 24.3 Å². The van der Waals surface area contributed by atoms with Crippen LogP contribution in [0.25, 0.3) is 0 Å². The van der Waals surface area contributed by atoms with Crippen molar-refractivity contribution in [3.8, 4) is 0 Å². The molecule has 4 amide bonds. The molecule has 2 aliphatic rings. The van der Waals surface area contributed by atoms with Gasteiger partial charge in [0.25, 0.3) is 11.8 Å². The third-order valence-corrected chi connectivity index (χ3v) is 6.00. The second-order valence-electron chi connectivity index (χ2n) is 6.90. The van der Waals surface area contributed by atoms with E-state index < -0.39 is 23.8 Å². The van der Waals surface area contributed by atoms with E-state index in [4.69, 9.17) is 4.18 Å². The highest BCUT2D eigenvalue weighted by Crippen LogP contribution is 2.32. The molecule has 1 atom stereocenters. The summed E-state index contributed by atoms with van der Waals surface area (Å²) >= 11 is 2.10. The average Bonchev–Trinajstić information content (AvgIpc) is 2.95. The zero-order valence-corrected chi connectivity index (χ0v) is 18.7. The summed E-state index contributed by atoms with van der Waals surface area (Å²) in [4.78, 5) is 50.3. The molecule has 1 unspecified atom stereocenters. The van der Waals surface area contributed by atoms with Crippen LogP contribution < -0.4 is 10.6 Å². The van der Waals surface area contributed by atoms with Gasteiger partial charge >= 0.3 is 0 Å². The van der Waals surface area contributed by atoms with Crippen molar-refractivity contribution >= 4 is 59.7 Å². The van der Waals surface area contributed by atoms with Gasteiger partial charge in [-0.05, 0) is 31.4 Å². The van der Waals surface area contributed by atoms with Crippen LogP contribution in [0.5, 0.6) is 0 Å². The number of nitrogens with zero attached hydrogens (tertiary/aromatic N) is 1. The first kappa shape index (κ1) is 22.0. The first-order valence-electron chi connectivity index (χ1n) is 9.53. The van der Waals surface area contributed by atoms with Gasteiger partial charge in [-0.3, -0.25) is 29.4 Å². The van der Waals surface area contributed by atoms with Crippen molar-refractivity contribution in [3.63, 3.8) is 0 Å². The maximum Gasteiger partial charge on any atom is 0.264 e. The van der Waals surface area contributed by atoms with E-state index >= 15 is 0 Å². The molecular weight excluding hydrogens is 509 g/mol. The lowest BCUT2D eigenvalue weighted by Gasteiger charge is -2.27. The van der Waals surface area contributed by atoms with Gasteiger partial charge in [0.05, 0.1) is 26.9 Å². The number of hydrogen-bond acceptors (Lipinski definition) is 7. The fourth-order valence-corrected chi connectivity index (χ4v) is 4.28. The summed E-state index contributed by atoms with van der Waals surface area (Å²) in [6, 6.07) is 4.14. The number of piperidine rings is 1. The molecule has 29 heavy (non-hydrogen) atoms. The molecule has 1 fully saturated rings. The summed E-state index contributed by atoms with van der Waals surface area (Å²) in [5.41, 5.74) is 1.19. The summed E-state index contributed by atoms with van der Waals surface area (Å²) in [6.45, 7) is 1.41. The zero-order valence-electron chi connectivity index (χ0n) is 15.7. The smallest absolute Gasteiger partial charge is 0.264 e. The highest BCUT2D eigenvalue weighted by molar-refractivity contribution is 14.2. The Morgan fingerprint density at radius 2 is 1.93 bits per heavy atom. The zero-order chi connectivity index (χ0) is 20.8. The molecule has 1 saturated heterocycles. The van der Waals surface area contributed by atoms with Gasteiger partial charge in [-0.15, -0.1) is 0 Å². The van der Waals surface area contributed by atoms with Crippen LogP contribution >= 0.6 is 30.4 Å². The summed E-state index contributed by atoms with van der Waals surface area (Å²) in [5.74, 6) is -1.97.